The first-order valence-corrected chi connectivity index (χ1v) is 6.21. The Morgan fingerprint density at radius 3 is 2.18 bits per heavy atom. The Labute approximate surface area is 124 Å². The largest absolute Gasteiger partial charge is 0.465 e. The van der Waals surface area contributed by atoms with Gasteiger partial charge < -0.3 is 4.74 Å². The molecule has 0 saturated heterocycles. The Kier molecular flexibility index (Phi) is 4.30. The second-order valence-corrected chi connectivity index (χ2v) is 4.53. The van der Waals surface area contributed by atoms with Crippen LogP contribution in [0.5, 0.6) is 0 Å². The molecule has 0 radical (unpaired) electrons. The summed E-state index contributed by atoms with van der Waals surface area (Å²) in [5.41, 5.74) is -0.0462. The highest BCUT2D eigenvalue weighted by Gasteiger charge is 2.32. The molecule has 0 heterocycles. The van der Waals surface area contributed by atoms with E-state index in [9.17, 15) is 22.8 Å². The van der Waals surface area contributed by atoms with Crippen LogP contribution in [0.3, 0.4) is 0 Å². The Balaban J connectivity index is 2.58. The minimum atomic E-state index is -4.58. The van der Waals surface area contributed by atoms with Crippen LogP contribution >= 0.6 is 0 Å². The molecule has 2 aromatic carbocycles. The molecule has 0 fully saturated rings. The lowest BCUT2D eigenvalue weighted by Gasteiger charge is -2.12. The number of hydrogen-bond acceptors (Lipinski definition) is 3. The number of rotatable bonds is 3. The highest BCUT2D eigenvalue weighted by atomic mass is 19.4. The fourth-order valence-electron chi connectivity index (χ4n) is 1.95. The molecule has 2 rings (SSSR count). The van der Waals surface area contributed by atoms with Gasteiger partial charge in [0.1, 0.15) is 6.29 Å². The summed E-state index contributed by atoms with van der Waals surface area (Å²) < 4.78 is 43.3. The van der Waals surface area contributed by atoms with Crippen molar-refractivity contribution in [2.24, 2.45) is 0 Å². The van der Waals surface area contributed by atoms with E-state index in [1.807, 2.05) is 0 Å². The summed E-state index contributed by atoms with van der Waals surface area (Å²) in [6, 6.07) is 9.01. The molecule has 0 unspecified atom stereocenters. The van der Waals surface area contributed by atoms with Gasteiger partial charge in [-0.25, -0.2) is 4.79 Å². The number of aldehydes is 1. The number of carbonyl (C=O) groups excluding carboxylic acids is 2. The molecular weight excluding hydrogens is 297 g/mol. The highest BCUT2D eigenvalue weighted by molar-refractivity contribution is 5.91. The first-order valence-electron chi connectivity index (χ1n) is 6.21. The van der Waals surface area contributed by atoms with E-state index < -0.39 is 17.7 Å². The Morgan fingerprint density at radius 2 is 1.68 bits per heavy atom. The summed E-state index contributed by atoms with van der Waals surface area (Å²) >= 11 is 0. The van der Waals surface area contributed by atoms with Crippen molar-refractivity contribution in [2.75, 3.05) is 7.11 Å². The van der Waals surface area contributed by atoms with Gasteiger partial charge in [-0.05, 0) is 29.3 Å². The summed E-state index contributed by atoms with van der Waals surface area (Å²) in [5.74, 6) is -0.850. The molecule has 0 amide bonds. The lowest BCUT2D eigenvalue weighted by atomic mass is 9.98. The van der Waals surface area contributed by atoms with Crippen LogP contribution in [0.15, 0.2) is 42.5 Å². The fraction of sp³-hybridized carbons (Fsp3) is 0.125. The molecule has 0 bridgehead atoms. The number of methoxy groups -OCH3 is 1. The third-order valence-corrected chi connectivity index (χ3v) is 3.06. The quantitative estimate of drug-likeness (QED) is 0.636. The first-order chi connectivity index (χ1) is 10.3. The summed E-state index contributed by atoms with van der Waals surface area (Å²) in [6.07, 6.45) is -3.95. The number of halogens is 3. The highest BCUT2D eigenvalue weighted by Crippen LogP contribution is 2.33. The third-order valence-electron chi connectivity index (χ3n) is 3.06. The summed E-state index contributed by atoms with van der Waals surface area (Å²) in [4.78, 5) is 22.2. The normalized spacial score (nSPS) is 11.1. The van der Waals surface area contributed by atoms with Crippen LogP contribution in [0.25, 0.3) is 11.1 Å². The lowest BCUT2D eigenvalue weighted by molar-refractivity contribution is -0.137. The molecule has 22 heavy (non-hydrogen) atoms. The first kappa shape index (κ1) is 15.8. The summed E-state index contributed by atoms with van der Waals surface area (Å²) in [6.45, 7) is 0. The van der Waals surface area contributed by atoms with Crippen LogP contribution in [0.1, 0.15) is 26.3 Å². The molecule has 0 aliphatic rings. The minimum Gasteiger partial charge on any atom is -0.465 e. The van der Waals surface area contributed by atoms with E-state index in [1.165, 1.54) is 30.3 Å². The molecule has 0 N–H and O–H groups in total. The maximum Gasteiger partial charge on any atom is 0.416 e. The van der Waals surface area contributed by atoms with Gasteiger partial charge in [0.15, 0.2) is 0 Å². The van der Waals surface area contributed by atoms with Gasteiger partial charge >= 0.3 is 12.1 Å². The molecule has 0 aliphatic heterocycles. The van der Waals surface area contributed by atoms with Gasteiger partial charge in [0.25, 0.3) is 0 Å². The zero-order chi connectivity index (χ0) is 16.3. The zero-order valence-electron chi connectivity index (χ0n) is 11.5. The van der Waals surface area contributed by atoms with Gasteiger partial charge in [-0.15, -0.1) is 0 Å². The smallest absolute Gasteiger partial charge is 0.416 e. The number of esters is 1. The van der Waals surface area contributed by atoms with Crippen LogP contribution in [0.2, 0.25) is 0 Å². The van der Waals surface area contributed by atoms with Gasteiger partial charge in [-0.3, -0.25) is 4.79 Å². The number of hydrogen-bond donors (Lipinski definition) is 0. The van der Waals surface area contributed by atoms with Gasteiger partial charge in [0, 0.05) is 5.56 Å². The summed E-state index contributed by atoms with van der Waals surface area (Å²) in [5, 5.41) is 0. The van der Waals surface area contributed by atoms with E-state index in [2.05, 4.69) is 4.74 Å². The monoisotopic (exact) mass is 308 g/mol. The SMILES string of the molecule is COC(=O)c1cc(-c2ccc(C=O)cc2)cc(C(F)(F)F)c1. The van der Waals surface area contributed by atoms with Gasteiger partial charge in [0.05, 0.1) is 18.2 Å². The zero-order valence-corrected chi connectivity index (χ0v) is 11.5. The maximum absolute atomic E-state index is 13.0. The topological polar surface area (TPSA) is 43.4 Å². The average Bonchev–Trinajstić information content (AvgIpc) is 2.53. The minimum absolute atomic E-state index is 0.188. The maximum atomic E-state index is 13.0. The molecule has 0 atom stereocenters. The van der Waals surface area contributed by atoms with Crippen LogP contribution in [0.4, 0.5) is 13.2 Å². The summed E-state index contributed by atoms with van der Waals surface area (Å²) in [7, 11) is 1.10. The van der Waals surface area contributed by atoms with Crippen LogP contribution in [-0.4, -0.2) is 19.4 Å². The molecule has 0 aromatic heterocycles. The van der Waals surface area contributed by atoms with Crippen molar-refractivity contribution in [1.29, 1.82) is 0 Å². The number of benzene rings is 2. The molecule has 2 aromatic rings. The van der Waals surface area contributed by atoms with Crippen LogP contribution in [-0.2, 0) is 10.9 Å². The molecule has 3 nitrogen and oxygen atoms in total. The van der Waals surface area contributed by atoms with Crippen molar-refractivity contribution in [3.8, 4) is 11.1 Å². The molecule has 6 heteroatoms. The van der Waals surface area contributed by atoms with E-state index in [0.717, 1.165) is 19.2 Å². The van der Waals surface area contributed by atoms with Crippen molar-refractivity contribution in [2.45, 2.75) is 6.18 Å². The van der Waals surface area contributed by atoms with E-state index in [-0.39, 0.29) is 11.1 Å². The van der Waals surface area contributed by atoms with Gasteiger partial charge in [-0.2, -0.15) is 13.2 Å². The average molecular weight is 308 g/mol. The van der Waals surface area contributed by atoms with Gasteiger partial charge in [0.2, 0.25) is 0 Å². The number of alkyl halides is 3. The Morgan fingerprint density at radius 1 is 1.05 bits per heavy atom. The molecular formula is C16H11F3O3. The Bertz CT molecular complexity index is 704. The van der Waals surface area contributed by atoms with E-state index >= 15 is 0 Å². The molecule has 114 valence electrons. The van der Waals surface area contributed by atoms with Crippen molar-refractivity contribution in [1.82, 2.24) is 0 Å². The molecule has 0 spiro atoms. The van der Waals surface area contributed by atoms with Crippen molar-refractivity contribution in [3.63, 3.8) is 0 Å². The van der Waals surface area contributed by atoms with Crippen LogP contribution < -0.4 is 0 Å². The predicted octanol–water partition coefficient (Wildman–Crippen LogP) is 3.97. The van der Waals surface area contributed by atoms with Gasteiger partial charge in [-0.1, -0.05) is 24.3 Å². The van der Waals surface area contributed by atoms with Crippen molar-refractivity contribution < 1.29 is 27.5 Å². The Hall–Kier alpha value is -2.63. The van der Waals surface area contributed by atoms with E-state index in [1.54, 1.807) is 0 Å². The fourth-order valence-corrected chi connectivity index (χ4v) is 1.95. The number of carbonyl (C=O) groups is 2. The molecule has 0 aliphatic carbocycles. The molecule has 0 saturated carbocycles. The van der Waals surface area contributed by atoms with E-state index in [4.69, 9.17) is 0 Å². The second kappa shape index (κ2) is 6.01. The lowest BCUT2D eigenvalue weighted by Crippen LogP contribution is -2.09. The van der Waals surface area contributed by atoms with Crippen molar-refractivity contribution >= 4 is 12.3 Å². The predicted molar refractivity (Wildman–Crippen MR) is 73.6 cm³/mol. The second-order valence-electron chi connectivity index (χ2n) is 4.53. The third kappa shape index (κ3) is 3.33. The van der Waals surface area contributed by atoms with Crippen molar-refractivity contribution in [3.05, 3.63) is 59.2 Å². The standard InChI is InChI=1S/C16H11F3O3/c1-22-15(21)13-6-12(7-14(8-13)16(17,18)19)11-4-2-10(9-20)3-5-11/h2-9H,1H3. The van der Waals surface area contributed by atoms with Crippen LogP contribution in [0, 0.1) is 0 Å². The van der Waals surface area contributed by atoms with E-state index in [0.29, 0.717) is 17.4 Å². The number of ether oxygens (including phenoxy) is 1.